The fourth-order valence-corrected chi connectivity index (χ4v) is 1.71. The number of ether oxygens (including phenoxy) is 1. The molecule has 0 aliphatic carbocycles. The topological polar surface area (TPSA) is 30.5 Å². The molecular weight excluding hydrogens is 327 g/mol. The quantitative estimate of drug-likeness (QED) is 0.604. The van der Waals surface area contributed by atoms with Crippen molar-refractivity contribution in [2.45, 2.75) is 26.1 Å². The van der Waals surface area contributed by atoms with E-state index in [-0.39, 0.29) is 6.54 Å². The Balaban J connectivity index is 2.53. The van der Waals surface area contributed by atoms with E-state index in [4.69, 9.17) is 4.74 Å². The van der Waals surface area contributed by atoms with Gasteiger partial charge in [-0.05, 0) is 24.6 Å². The Bertz CT molecular complexity index is 399. The summed E-state index contributed by atoms with van der Waals surface area (Å²) < 4.78 is 42.0. The summed E-state index contributed by atoms with van der Waals surface area (Å²) in [6.45, 7) is 1.34. The van der Waals surface area contributed by atoms with Crippen LogP contribution >= 0.6 is 15.9 Å². The Morgan fingerprint density at radius 1 is 1.32 bits per heavy atom. The number of hydrogen-bond donors (Lipinski definition) is 1. The molecule has 0 fully saturated rings. The van der Waals surface area contributed by atoms with Crippen LogP contribution in [0.3, 0.4) is 0 Å². The molecule has 0 atom stereocenters. The number of nitrogens with one attached hydrogen (secondary N) is 1. The highest BCUT2D eigenvalue weighted by atomic mass is 79.9. The molecule has 0 spiro atoms. The van der Waals surface area contributed by atoms with Crippen molar-refractivity contribution in [3.05, 3.63) is 28.2 Å². The molecule has 0 amide bonds. The third-order valence-electron chi connectivity index (χ3n) is 2.08. The molecule has 0 aromatic heterocycles. The maximum absolute atomic E-state index is 11.9. The van der Waals surface area contributed by atoms with Crippen LogP contribution in [0.25, 0.3) is 0 Å². The van der Waals surface area contributed by atoms with Crippen molar-refractivity contribution in [3.8, 4) is 5.75 Å². The second-order valence-corrected chi connectivity index (χ2v) is 4.74. The van der Waals surface area contributed by atoms with Crippen LogP contribution in [0.15, 0.2) is 22.7 Å². The highest BCUT2D eigenvalue weighted by Crippen LogP contribution is 2.23. The average molecular weight is 342 g/mol. The summed E-state index contributed by atoms with van der Waals surface area (Å²) in [6.07, 6.45) is -3.49. The highest BCUT2D eigenvalue weighted by molar-refractivity contribution is 9.10. The minimum atomic E-state index is -4.34. The van der Waals surface area contributed by atoms with E-state index in [0.29, 0.717) is 12.4 Å². The van der Waals surface area contributed by atoms with Gasteiger partial charge in [-0.1, -0.05) is 22.9 Å². The molecule has 19 heavy (non-hydrogen) atoms. The molecule has 0 radical (unpaired) electrons. The maximum Gasteiger partial charge on any atom is 0.413 e. The monoisotopic (exact) mass is 341 g/mol. The molecule has 1 aromatic carbocycles. The van der Waals surface area contributed by atoms with E-state index in [2.05, 4.69) is 26.2 Å². The van der Waals surface area contributed by atoms with Crippen LogP contribution < -0.4 is 10.2 Å². The molecule has 108 valence electrons. The minimum Gasteiger partial charge on any atom is -0.493 e. The molecule has 0 aliphatic rings. The predicted octanol–water partition coefficient (Wildman–Crippen LogP) is 3.82. The zero-order valence-corrected chi connectivity index (χ0v) is 12.0. The van der Waals surface area contributed by atoms with Crippen molar-refractivity contribution in [3.63, 3.8) is 0 Å². The second-order valence-electron chi connectivity index (χ2n) is 3.83. The summed E-state index contributed by atoms with van der Waals surface area (Å²) in [5.41, 5.74) is 3.01. The predicted molar refractivity (Wildman–Crippen MR) is 68.8 cm³/mol. The van der Waals surface area contributed by atoms with Gasteiger partial charge in [0, 0.05) is 16.6 Å². The molecule has 0 unspecified atom stereocenters. The van der Waals surface area contributed by atoms with E-state index < -0.39 is 12.8 Å². The van der Waals surface area contributed by atoms with Gasteiger partial charge < -0.3 is 4.74 Å². The number of hydroxylamine groups is 1. The van der Waals surface area contributed by atoms with Crippen molar-refractivity contribution < 1.29 is 22.7 Å². The molecule has 0 aliphatic heterocycles. The van der Waals surface area contributed by atoms with Crippen LogP contribution in [-0.4, -0.2) is 19.4 Å². The fourth-order valence-electron chi connectivity index (χ4n) is 1.30. The van der Waals surface area contributed by atoms with Crippen LogP contribution in [0.5, 0.6) is 5.75 Å². The number of hydrogen-bond acceptors (Lipinski definition) is 3. The first-order chi connectivity index (χ1) is 8.92. The van der Waals surface area contributed by atoms with Gasteiger partial charge in [-0.25, -0.2) is 0 Å². The number of rotatable bonds is 7. The Morgan fingerprint density at radius 3 is 2.68 bits per heavy atom. The summed E-state index contributed by atoms with van der Waals surface area (Å²) >= 11 is 3.30. The second kappa shape index (κ2) is 7.72. The minimum absolute atomic E-state index is 0.133. The molecule has 0 saturated carbocycles. The molecule has 1 rings (SSSR count). The highest BCUT2D eigenvalue weighted by Gasteiger charge is 2.27. The molecule has 0 bridgehead atoms. The third kappa shape index (κ3) is 6.79. The van der Waals surface area contributed by atoms with Crippen LogP contribution in [0.4, 0.5) is 13.2 Å². The van der Waals surface area contributed by atoms with Gasteiger partial charge in [-0.2, -0.15) is 18.7 Å². The zero-order chi connectivity index (χ0) is 14.3. The van der Waals surface area contributed by atoms with E-state index in [1.165, 1.54) is 0 Å². The Hall–Kier alpha value is -0.790. The van der Waals surface area contributed by atoms with Crippen molar-refractivity contribution in [2.24, 2.45) is 0 Å². The fraction of sp³-hybridized carbons (Fsp3) is 0.500. The van der Waals surface area contributed by atoms with Gasteiger partial charge in [0.05, 0.1) is 6.61 Å². The lowest BCUT2D eigenvalue weighted by Crippen LogP contribution is -2.24. The zero-order valence-electron chi connectivity index (χ0n) is 10.4. The smallest absolute Gasteiger partial charge is 0.413 e. The lowest BCUT2D eigenvalue weighted by atomic mass is 10.2. The van der Waals surface area contributed by atoms with E-state index in [0.717, 1.165) is 16.5 Å². The summed E-state index contributed by atoms with van der Waals surface area (Å²) in [6, 6.07) is 5.35. The van der Waals surface area contributed by atoms with Gasteiger partial charge in [-0.3, -0.25) is 4.84 Å². The maximum atomic E-state index is 11.9. The molecule has 7 heteroatoms. The first-order valence-electron chi connectivity index (χ1n) is 5.75. The van der Waals surface area contributed by atoms with Crippen LogP contribution in [0.1, 0.15) is 18.9 Å². The van der Waals surface area contributed by atoms with Gasteiger partial charge in [0.25, 0.3) is 0 Å². The number of alkyl halides is 3. The van der Waals surface area contributed by atoms with E-state index in [9.17, 15) is 13.2 Å². The Morgan fingerprint density at radius 2 is 2.05 bits per heavy atom. The Kier molecular flexibility index (Phi) is 6.60. The first kappa shape index (κ1) is 16.3. The SMILES string of the molecule is CCCOc1ccc(Br)cc1CNOCC(F)(F)F. The van der Waals surface area contributed by atoms with Crippen LogP contribution in [0, 0.1) is 0 Å². The standard InChI is InChI=1S/C12H15BrF3NO2/c1-2-5-18-11-4-3-10(13)6-9(11)7-17-19-8-12(14,15)16/h3-4,6,17H,2,5,7-8H2,1H3. The van der Waals surface area contributed by atoms with Crippen molar-refractivity contribution in [1.82, 2.24) is 5.48 Å². The average Bonchev–Trinajstić information content (AvgIpc) is 2.32. The molecule has 0 saturated heterocycles. The molecule has 1 N–H and O–H groups in total. The van der Waals surface area contributed by atoms with Crippen molar-refractivity contribution >= 4 is 15.9 Å². The van der Waals surface area contributed by atoms with Crippen LogP contribution in [-0.2, 0) is 11.4 Å². The molecule has 3 nitrogen and oxygen atoms in total. The number of halogens is 4. The third-order valence-corrected chi connectivity index (χ3v) is 2.58. The lowest BCUT2D eigenvalue weighted by molar-refractivity contribution is -0.190. The molecular formula is C12H15BrF3NO2. The van der Waals surface area contributed by atoms with E-state index in [1.807, 2.05) is 13.0 Å². The van der Waals surface area contributed by atoms with Gasteiger partial charge in [-0.15, -0.1) is 0 Å². The summed E-state index contributed by atoms with van der Waals surface area (Å²) in [5.74, 6) is 0.633. The van der Waals surface area contributed by atoms with Gasteiger partial charge in [0.15, 0.2) is 6.61 Å². The number of benzene rings is 1. The van der Waals surface area contributed by atoms with Crippen molar-refractivity contribution in [2.75, 3.05) is 13.2 Å². The van der Waals surface area contributed by atoms with Gasteiger partial charge >= 0.3 is 6.18 Å². The summed E-state index contributed by atoms with van der Waals surface area (Å²) in [7, 11) is 0. The normalized spacial score (nSPS) is 11.6. The van der Waals surface area contributed by atoms with Gasteiger partial charge in [0.1, 0.15) is 5.75 Å². The van der Waals surface area contributed by atoms with Crippen LogP contribution in [0.2, 0.25) is 0 Å². The van der Waals surface area contributed by atoms with E-state index in [1.54, 1.807) is 12.1 Å². The van der Waals surface area contributed by atoms with Crippen molar-refractivity contribution in [1.29, 1.82) is 0 Å². The van der Waals surface area contributed by atoms with E-state index >= 15 is 0 Å². The Labute approximate surface area is 118 Å². The largest absolute Gasteiger partial charge is 0.493 e. The molecule has 0 heterocycles. The molecule has 1 aromatic rings. The van der Waals surface area contributed by atoms with Gasteiger partial charge in [0.2, 0.25) is 0 Å². The summed E-state index contributed by atoms with van der Waals surface area (Å²) in [4.78, 5) is 4.36. The lowest BCUT2D eigenvalue weighted by Gasteiger charge is -2.13. The summed E-state index contributed by atoms with van der Waals surface area (Å²) in [5, 5.41) is 0. The first-order valence-corrected chi connectivity index (χ1v) is 6.54.